The number of esters is 1. The van der Waals surface area contributed by atoms with Gasteiger partial charge in [0.25, 0.3) is 15.9 Å². The molecule has 0 aliphatic heterocycles. The molecule has 0 aliphatic rings. The molecule has 1 amide bonds. The number of hydrogen-bond donors (Lipinski definition) is 1. The molecule has 0 unspecified atom stereocenters. The van der Waals surface area contributed by atoms with E-state index in [1.54, 1.807) is 26.2 Å². The van der Waals surface area contributed by atoms with Crippen molar-refractivity contribution < 1.29 is 22.7 Å². The van der Waals surface area contributed by atoms with Gasteiger partial charge in [0.05, 0.1) is 23.3 Å². The zero-order chi connectivity index (χ0) is 18.6. The molecule has 0 bridgehead atoms. The minimum Gasteiger partial charge on any atom is -0.465 e. The average Bonchev–Trinajstić information content (AvgIpc) is 2.60. The standard InChI is InChI=1S/C17H18N2O5S/c1-19(2)16(20)12-8-10-13(11-9-12)25(22,23)18-15-7-5-4-6-14(15)17(21)24-3/h4-11,18H,1-3H3. The van der Waals surface area contributed by atoms with Gasteiger partial charge in [-0.3, -0.25) is 9.52 Å². The highest BCUT2D eigenvalue weighted by Crippen LogP contribution is 2.21. The molecule has 8 heteroatoms. The van der Waals surface area contributed by atoms with Gasteiger partial charge in [-0.1, -0.05) is 12.1 Å². The van der Waals surface area contributed by atoms with Crippen molar-refractivity contribution in [3.8, 4) is 0 Å². The summed E-state index contributed by atoms with van der Waals surface area (Å²) in [5, 5.41) is 0. The van der Waals surface area contributed by atoms with Crippen LogP contribution in [-0.4, -0.2) is 46.4 Å². The number of methoxy groups -OCH3 is 1. The lowest BCUT2D eigenvalue weighted by Crippen LogP contribution is -2.22. The number of para-hydroxylation sites is 1. The summed E-state index contributed by atoms with van der Waals surface area (Å²) < 4.78 is 32.1. The zero-order valence-corrected chi connectivity index (χ0v) is 14.8. The number of nitrogens with one attached hydrogen (secondary N) is 1. The van der Waals surface area contributed by atoms with E-state index in [1.807, 2.05) is 0 Å². The third kappa shape index (κ3) is 4.16. The molecule has 0 radical (unpaired) electrons. The number of nitrogens with zero attached hydrogens (tertiary/aromatic N) is 1. The Kier molecular flexibility index (Phi) is 5.43. The first-order valence-corrected chi connectivity index (χ1v) is 8.76. The quantitative estimate of drug-likeness (QED) is 0.821. The maximum absolute atomic E-state index is 12.5. The Hall–Kier alpha value is -2.87. The molecule has 2 aromatic rings. The van der Waals surface area contributed by atoms with Crippen LogP contribution in [0.3, 0.4) is 0 Å². The number of benzene rings is 2. The predicted molar refractivity (Wildman–Crippen MR) is 93.0 cm³/mol. The topological polar surface area (TPSA) is 92.8 Å². The van der Waals surface area contributed by atoms with Crippen LogP contribution in [0.5, 0.6) is 0 Å². The molecule has 0 atom stereocenters. The summed E-state index contributed by atoms with van der Waals surface area (Å²) >= 11 is 0. The fourth-order valence-corrected chi connectivity index (χ4v) is 3.18. The second-order valence-corrected chi connectivity index (χ2v) is 7.05. The number of ether oxygens (including phenoxy) is 1. The molecule has 2 rings (SSSR count). The van der Waals surface area contributed by atoms with Gasteiger partial charge in [-0.2, -0.15) is 0 Å². The van der Waals surface area contributed by atoms with Gasteiger partial charge >= 0.3 is 5.97 Å². The molecular formula is C17H18N2O5S. The maximum atomic E-state index is 12.5. The Morgan fingerprint density at radius 2 is 1.60 bits per heavy atom. The first kappa shape index (κ1) is 18.5. The van der Waals surface area contributed by atoms with E-state index in [1.165, 1.54) is 48.4 Å². The van der Waals surface area contributed by atoms with Gasteiger partial charge in [0.1, 0.15) is 0 Å². The molecule has 2 aromatic carbocycles. The highest BCUT2D eigenvalue weighted by molar-refractivity contribution is 7.92. The summed E-state index contributed by atoms with van der Waals surface area (Å²) in [6.45, 7) is 0. The number of carbonyl (C=O) groups excluding carboxylic acids is 2. The fourth-order valence-electron chi connectivity index (χ4n) is 2.10. The Bertz CT molecular complexity index is 890. The maximum Gasteiger partial charge on any atom is 0.339 e. The fraction of sp³-hybridized carbons (Fsp3) is 0.176. The van der Waals surface area contributed by atoms with Crippen molar-refractivity contribution in [3.05, 3.63) is 59.7 Å². The summed E-state index contributed by atoms with van der Waals surface area (Å²) in [5.41, 5.74) is 0.592. The molecule has 0 aromatic heterocycles. The van der Waals surface area contributed by atoms with E-state index in [9.17, 15) is 18.0 Å². The van der Waals surface area contributed by atoms with Gasteiger partial charge in [-0.15, -0.1) is 0 Å². The van der Waals surface area contributed by atoms with Crippen molar-refractivity contribution in [2.24, 2.45) is 0 Å². The minimum absolute atomic E-state index is 0.0255. The van der Waals surface area contributed by atoms with E-state index in [-0.39, 0.29) is 22.1 Å². The smallest absolute Gasteiger partial charge is 0.339 e. The van der Waals surface area contributed by atoms with Crippen LogP contribution in [0, 0.1) is 0 Å². The number of amides is 1. The van der Waals surface area contributed by atoms with E-state index in [0.717, 1.165) is 0 Å². The first-order chi connectivity index (χ1) is 11.8. The molecule has 0 spiro atoms. The van der Waals surface area contributed by atoms with Crippen LogP contribution in [0.25, 0.3) is 0 Å². The van der Waals surface area contributed by atoms with Crippen molar-refractivity contribution in [1.29, 1.82) is 0 Å². The van der Waals surface area contributed by atoms with E-state index in [4.69, 9.17) is 0 Å². The Balaban J connectivity index is 2.32. The largest absolute Gasteiger partial charge is 0.465 e. The van der Waals surface area contributed by atoms with E-state index in [0.29, 0.717) is 5.56 Å². The van der Waals surface area contributed by atoms with E-state index < -0.39 is 16.0 Å². The van der Waals surface area contributed by atoms with Crippen LogP contribution >= 0.6 is 0 Å². The first-order valence-electron chi connectivity index (χ1n) is 7.28. The second kappa shape index (κ2) is 7.35. The number of hydrogen-bond acceptors (Lipinski definition) is 5. The van der Waals surface area contributed by atoms with Crippen molar-refractivity contribution in [3.63, 3.8) is 0 Å². The SMILES string of the molecule is COC(=O)c1ccccc1NS(=O)(=O)c1ccc(C(=O)N(C)C)cc1. The lowest BCUT2D eigenvalue weighted by Gasteiger charge is -2.13. The van der Waals surface area contributed by atoms with Crippen LogP contribution < -0.4 is 4.72 Å². The Morgan fingerprint density at radius 3 is 2.16 bits per heavy atom. The van der Waals surface area contributed by atoms with Gasteiger partial charge in [0, 0.05) is 19.7 Å². The zero-order valence-electron chi connectivity index (χ0n) is 14.0. The van der Waals surface area contributed by atoms with Crippen molar-refractivity contribution in [2.75, 3.05) is 25.9 Å². The van der Waals surface area contributed by atoms with Crippen LogP contribution in [-0.2, 0) is 14.8 Å². The number of carbonyl (C=O) groups is 2. The van der Waals surface area contributed by atoms with Crippen LogP contribution in [0.15, 0.2) is 53.4 Å². The summed E-state index contributed by atoms with van der Waals surface area (Å²) in [4.78, 5) is 25.0. The van der Waals surface area contributed by atoms with Crippen molar-refractivity contribution in [1.82, 2.24) is 4.90 Å². The Labute approximate surface area is 146 Å². The highest BCUT2D eigenvalue weighted by atomic mass is 32.2. The molecule has 132 valence electrons. The summed E-state index contributed by atoms with van der Waals surface area (Å²) in [7, 11) is 0.512. The third-order valence-electron chi connectivity index (χ3n) is 3.39. The summed E-state index contributed by atoms with van der Waals surface area (Å²) in [6, 6.07) is 11.7. The lowest BCUT2D eigenvalue weighted by molar-refractivity contribution is 0.0601. The molecule has 1 N–H and O–H groups in total. The molecule has 7 nitrogen and oxygen atoms in total. The molecular weight excluding hydrogens is 344 g/mol. The van der Waals surface area contributed by atoms with Gasteiger partial charge in [0.15, 0.2) is 0 Å². The van der Waals surface area contributed by atoms with Crippen LogP contribution in [0.4, 0.5) is 5.69 Å². The van der Waals surface area contributed by atoms with Crippen molar-refractivity contribution >= 4 is 27.6 Å². The normalized spacial score (nSPS) is 10.8. The molecule has 0 fully saturated rings. The van der Waals surface area contributed by atoms with E-state index in [2.05, 4.69) is 9.46 Å². The second-order valence-electron chi connectivity index (χ2n) is 5.37. The molecule has 0 saturated heterocycles. The summed E-state index contributed by atoms with van der Waals surface area (Å²) in [5.74, 6) is -0.877. The predicted octanol–water partition coefficient (Wildman–Crippen LogP) is 1.98. The number of rotatable bonds is 5. The molecule has 25 heavy (non-hydrogen) atoms. The van der Waals surface area contributed by atoms with Gasteiger partial charge < -0.3 is 9.64 Å². The average molecular weight is 362 g/mol. The third-order valence-corrected chi connectivity index (χ3v) is 4.78. The lowest BCUT2D eigenvalue weighted by atomic mass is 10.2. The van der Waals surface area contributed by atoms with E-state index >= 15 is 0 Å². The number of anilines is 1. The highest BCUT2D eigenvalue weighted by Gasteiger charge is 2.19. The van der Waals surface area contributed by atoms with Crippen molar-refractivity contribution in [2.45, 2.75) is 4.90 Å². The monoisotopic (exact) mass is 362 g/mol. The minimum atomic E-state index is -3.92. The molecule has 0 saturated carbocycles. The summed E-state index contributed by atoms with van der Waals surface area (Å²) in [6.07, 6.45) is 0. The number of sulfonamides is 1. The Morgan fingerprint density at radius 1 is 1.00 bits per heavy atom. The van der Waals surface area contributed by atoms with Crippen LogP contribution in [0.2, 0.25) is 0 Å². The van der Waals surface area contributed by atoms with Crippen LogP contribution in [0.1, 0.15) is 20.7 Å². The molecule has 0 aliphatic carbocycles. The van der Waals surface area contributed by atoms with Gasteiger partial charge in [-0.05, 0) is 36.4 Å². The molecule has 0 heterocycles. The van der Waals surface area contributed by atoms with Gasteiger partial charge in [-0.25, -0.2) is 13.2 Å². The van der Waals surface area contributed by atoms with Gasteiger partial charge in [0.2, 0.25) is 0 Å².